The summed E-state index contributed by atoms with van der Waals surface area (Å²) in [5, 5.41) is 18.1. The van der Waals surface area contributed by atoms with Gasteiger partial charge < -0.3 is 10.1 Å². The molecule has 6 aromatic rings. The van der Waals surface area contributed by atoms with Crippen molar-refractivity contribution in [2.45, 2.75) is 18.9 Å². The van der Waals surface area contributed by atoms with Crippen LogP contribution in [-0.2, 0) is 6.54 Å². The van der Waals surface area contributed by atoms with Crippen LogP contribution in [0.4, 0.5) is 13.2 Å². The van der Waals surface area contributed by atoms with Gasteiger partial charge in [-0.05, 0) is 35.9 Å². The third-order valence-corrected chi connectivity index (χ3v) is 6.97. The fourth-order valence-electron chi connectivity index (χ4n) is 5.14. The molecule has 1 aliphatic rings. The number of rotatable bonds is 5. The molecule has 200 valence electrons. The Hall–Kier alpha value is -4.84. The smallest absolute Gasteiger partial charge is 0.261 e. The van der Waals surface area contributed by atoms with E-state index in [1.54, 1.807) is 35.8 Å². The molecule has 0 bridgehead atoms. The second kappa shape index (κ2) is 9.12. The van der Waals surface area contributed by atoms with Crippen molar-refractivity contribution in [3.8, 4) is 39.8 Å². The van der Waals surface area contributed by atoms with Gasteiger partial charge in [0.05, 0.1) is 35.2 Å². The van der Waals surface area contributed by atoms with Crippen LogP contribution in [0.3, 0.4) is 0 Å². The summed E-state index contributed by atoms with van der Waals surface area (Å²) in [6.45, 7) is 0.470. The van der Waals surface area contributed by atoms with Crippen LogP contribution >= 0.6 is 0 Å². The van der Waals surface area contributed by atoms with Crippen LogP contribution in [0.25, 0.3) is 56.0 Å². The van der Waals surface area contributed by atoms with E-state index in [9.17, 15) is 18.3 Å². The van der Waals surface area contributed by atoms with Crippen LogP contribution in [0.2, 0.25) is 0 Å². The average molecular weight is 543 g/mol. The van der Waals surface area contributed by atoms with Crippen molar-refractivity contribution < 1.29 is 18.3 Å². The molecular formula is C28H21F3N8O. The largest absolute Gasteiger partial charge is 0.508 e. The molecule has 0 spiro atoms. The van der Waals surface area contributed by atoms with Gasteiger partial charge in [-0.1, -0.05) is 0 Å². The average Bonchev–Trinajstić information content (AvgIpc) is 3.63. The molecule has 0 saturated carbocycles. The monoisotopic (exact) mass is 542 g/mol. The van der Waals surface area contributed by atoms with Crippen molar-refractivity contribution >= 4 is 21.9 Å². The first kappa shape index (κ1) is 24.2. The lowest BCUT2D eigenvalue weighted by molar-refractivity contribution is 0.0115. The molecule has 6 heterocycles. The predicted molar refractivity (Wildman–Crippen MR) is 142 cm³/mol. The number of pyridine rings is 3. The topological polar surface area (TPSA) is 120 Å². The highest BCUT2D eigenvalue weighted by atomic mass is 19.3. The lowest BCUT2D eigenvalue weighted by atomic mass is 10.1. The fourth-order valence-corrected chi connectivity index (χ4v) is 5.14. The van der Waals surface area contributed by atoms with Crippen molar-refractivity contribution in [3.05, 3.63) is 72.6 Å². The Morgan fingerprint density at radius 1 is 0.975 bits per heavy atom. The van der Waals surface area contributed by atoms with Crippen molar-refractivity contribution in [1.82, 2.24) is 40.0 Å². The van der Waals surface area contributed by atoms with E-state index in [4.69, 9.17) is 4.98 Å². The summed E-state index contributed by atoms with van der Waals surface area (Å²) >= 11 is 0. The summed E-state index contributed by atoms with van der Waals surface area (Å²) in [5.41, 5.74) is 5.42. The maximum Gasteiger partial charge on any atom is 0.261 e. The number of hydrogen-bond donors (Lipinski definition) is 3. The van der Waals surface area contributed by atoms with Gasteiger partial charge in [0.15, 0.2) is 5.82 Å². The number of phenolic OH excluding ortho intramolecular Hbond substituents is 1. The van der Waals surface area contributed by atoms with Gasteiger partial charge in [0.2, 0.25) is 0 Å². The predicted octanol–water partition coefficient (Wildman–Crippen LogP) is 5.31. The molecule has 1 aromatic carbocycles. The van der Waals surface area contributed by atoms with Crippen LogP contribution in [0.1, 0.15) is 12.0 Å². The highest BCUT2D eigenvalue weighted by Gasteiger charge is 2.37. The summed E-state index contributed by atoms with van der Waals surface area (Å²) < 4.78 is 41.2. The molecule has 12 heteroatoms. The number of halogens is 3. The van der Waals surface area contributed by atoms with Crippen molar-refractivity contribution in [2.75, 3.05) is 13.1 Å². The molecule has 0 unspecified atom stereocenters. The molecule has 3 N–H and O–H groups in total. The maximum absolute atomic E-state index is 14.0. The van der Waals surface area contributed by atoms with Crippen molar-refractivity contribution in [3.63, 3.8) is 0 Å². The number of nitrogens with one attached hydrogen (secondary N) is 2. The Morgan fingerprint density at radius 3 is 2.70 bits per heavy atom. The van der Waals surface area contributed by atoms with Crippen LogP contribution < -0.4 is 0 Å². The number of aromatic amines is 2. The van der Waals surface area contributed by atoms with Gasteiger partial charge in [0.1, 0.15) is 22.8 Å². The highest BCUT2D eigenvalue weighted by Crippen LogP contribution is 2.33. The van der Waals surface area contributed by atoms with Gasteiger partial charge >= 0.3 is 0 Å². The van der Waals surface area contributed by atoms with Crippen LogP contribution in [0.5, 0.6) is 5.75 Å². The normalized spacial score (nSPS) is 15.4. The van der Waals surface area contributed by atoms with E-state index in [-0.39, 0.29) is 18.7 Å². The van der Waals surface area contributed by atoms with Crippen molar-refractivity contribution in [2.24, 2.45) is 0 Å². The van der Waals surface area contributed by atoms with E-state index in [0.29, 0.717) is 58.1 Å². The summed E-state index contributed by atoms with van der Waals surface area (Å²) in [6.07, 6.45) is 6.48. The second-order valence-electron chi connectivity index (χ2n) is 9.93. The second-order valence-corrected chi connectivity index (χ2v) is 9.93. The number of phenols is 1. The zero-order valence-corrected chi connectivity index (χ0v) is 20.9. The first-order valence-corrected chi connectivity index (χ1v) is 12.5. The number of likely N-dealkylation sites (tertiary alicyclic amines) is 1. The number of aromatic hydroxyl groups is 1. The Kier molecular flexibility index (Phi) is 5.52. The number of hydrogen-bond acceptors (Lipinski definition) is 7. The molecule has 1 aliphatic heterocycles. The summed E-state index contributed by atoms with van der Waals surface area (Å²) in [7, 11) is 0. The molecule has 40 heavy (non-hydrogen) atoms. The van der Waals surface area contributed by atoms with Gasteiger partial charge in [-0.3, -0.25) is 25.0 Å². The van der Waals surface area contributed by atoms with Crippen LogP contribution in [-0.4, -0.2) is 64.1 Å². The van der Waals surface area contributed by atoms with Gasteiger partial charge in [-0.2, -0.15) is 5.10 Å². The van der Waals surface area contributed by atoms with E-state index < -0.39 is 11.7 Å². The number of benzene rings is 1. The standard InChI is InChI=1S/C28H21F3N8O/c29-18-6-16(7-19(40)8-18)24-26-21(1-3-33-24)35-27(36-26)25-20-9-22(34-12-23(20)37-38-25)17-5-15(10-32-11-17)13-39-4-2-28(30,31)14-39/h1,3,5-12,40H,2,4,13-14H2,(H,35,36)(H,37,38). The number of nitrogens with zero attached hydrogens (tertiary/aromatic N) is 6. The number of fused-ring (bicyclic) bond motifs is 2. The van der Waals surface area contributed by atoms with Crippen LogP contribution in [0, 0.1) is 5.82 Å². The van der Waals surface area contributed by atoms with Gasteiger partial charge in [0, 0.05) is 60.7 Å². The highest BCUT2D eigenvalue weighted by molar-refractivity contribution is 5.96. The lowest BCUT2D eigenvalue weighted by Crippen LogP contribution is -2.24. The van der Waals surface area contributed by atoms with E-state index >= 15 is 0 Å². The SMILES string of the molecule is Oc1cc(F)cc(-c2nccc3[nH]c(-c4n[nH]c5cnc(-c6cncc(CN7CCC(F)(F)C7)c6)cc45)nc23)c1. The van der Waals surface area contributed by atoms with E-state index in [1.807, 2.05) is 12.1 Å². The molecule has 7 rings (SSSR count). The molecule has 9 nitrogen and oxygen atoms in total. The molecule has 5 aromatic heterocycles. The number of aromatic nitrogens is 7. The number of alkyl halides is 2. The third-order valence-electron chi connectivity index (χ3n) is 6.97. The van der Waals surface area contributed by atoms with Gasteiger partial charge in [0.25, 0.3) is 5.92 Å². The van der Waals surface area contributed by atoms with E-state index in [2.05, 4.69) is 30.1 Å². The van der Waals surface area contributed by atoms with E-state index in [0.717, 1.165) is 22.6 Å². The first-order valence-electron chi connectivity index (χ1n) is 12.5. The first-order chi connectivity index (χ1) is 19.3. The number of H-pyrrole nitrogens is 2. The van der Waals surface area contributed by atoms with Crippen LogP contribution in [0.15, 0.2) is 61.2 Å². The zero-order chi connectivity index (χ0) is 27.4. The minimum Gasteiger partial charge on any atom is -0.508 e. The van der Waals surface area contributed by atoms with Crippen molar-refractivity contribution in [1.29, 1.82) is 0 Å². The van der Waals surface area contributed by atoms with Gasteiger partial charge in [-0.15, -0.1) is 0 Å². The summed E-state index contributed by atoms with van der Waals surface area (Å²) in [6, 6.07) is 9.27. The fraction of sp³-hybridized carbons (Fsp3) is 0.179. The Balaban J connectivity index is 1.25. The quantitative estimate of drug-likeness (QED) is 0.270. The molecular weight excluding hydrogens is 521 g/mol. The molecule has 1 saturated heterocycles. The number of imidazole rings is 1. The minimum atomic E-state index is -2.65. The Labute approximate surface area is 224 Å². The lowest BCUT2D eigenvalue weighted by Gasteiger charge is -2.15. The van der Waals surface area contributed by atoms with Gasteiger partial charge in [-0.25, -0.2) is 18.2 Å². The molecule has 0 amide bonds. The summed E-state index contributed by atoms with van der Waals surface area (Å²) in [5.74, 6) is -2.98. The third kappa shape index (κ3) is 4.41. The maximum atomic E-state index is 14.0. The molecule has 0 atom stereocenters. The molecule has 0 radical (unpaired) electrons. The Bertz CT molecular complexity index is 1880. The minimum absolute atomic E-state index is 0.133. The Morgan fingerprint density at radius 2 is 1.88 bits per heavy atom. The summed E-state index contributed by atoms with van der Waals surface area (Å²) in [4.78, 5) is 22.9. The van der Waals surface area contributed by atoms with E-state index in [1.165, 1.54) is 12.1 Å². The zero-order valence-electron chi connectivity index (χ0n) is 20.9. The molecule has 0 aliphatic carbocycles. The molecule has 1 fully saturated rings.